The Kier molecular flexibility index (Phi) is 1.01. The largest absolute Gasteiger partial charge is 0.306 e. The molecule has 0 fully saturated rings. The lowest BCUT2D eigenvalue weighted by Crippen LogP contribution is -2.12. The Labute approximate surface area is 59.3 Å². The number of nitrogens with zero attached hydrogens (tertiary/aromatic N) is 1. The van der Waals surface area contributed by atoms with Crippen LogP contribution >= 0.6 is 0 Å². The normalized spacial score (nSPS) is 15.4. The quantitative estimate of drug-likeness (QED) is 0.557. The molecule has 0 radical (unpaired) electrons. The maximum Gasteiger partial charge on any atom is 0.108 e. The van der Waals surface area contributed by atoms with Gasteiger partial charge in [0.25, 0.3) is 0 Å². The maximum absolute atomic E-state index is 7.50. The minimum Gasteiger partial charge on any atom is -0.306 e. The van der Waals surface area contributed by atoms with Gasteiger partial charge in [0.15, 0.2) is 0 Å². The van der Waals surface area contributed by atoms with Crippen LogP contribution in [-0.2, 0) is 0 Å². The maximum atomic E-state index is 7.50. The predicted molar refractivity (Wildman–Crippen MR) is 41.2 cm³/mol. The zero-order valence-corrected chi connectivity index (χ0v) is 5.54. The lowest BCUT2D eigenvalue weighted by Gasteiger charge is -2.09. The van der Waals surface area contributed by atoms with E-state index < -0.39 is 0 Å². The highest BCUT2D eigenvalue weighted by atomic mass is 15.0. The summed E-state index contributed by atoms with van der Waals surface area (Å²) in [7, 11) is 0. The molecule has 2 heteroatoms. The molecule has 0 aliphatic carbocycles. The molecule has 1 aromatic heterocycles. The van der Waals surface area contributed by atoms with Crippen molar-refractivity contribution in [2.45, 2.75) is 6.42 Å². The van der Waals surface area contributed by atoms with Crippen LogP contribution in [0.15, 0.2) is 24.4 Å². The third-order valence-corrected chi connectivity index (χ3v) is 1.67. The molecule has 1 aliphatic rings. The van der Waals surface area contributed by atoms with E-state index in [4.69, 9.17) is 5.41 Å². The van der Waals surface area contributed by atoms with Gasteiger partial charge in [0.2, 0.25) is 0 Å². The molecule has 2 heterocycles. The molecule has 0 atom stereocenters. The standard InChI is InChI=1S/C8H8N2/c9-8-5-1-3-7-4-2-6-10(7)8/h1-4,6,9H,5H2. The summed E-state index contributed by atoms with van der Waals surface area (Å²) in [5.74, 6) is 0.655. The van der Waals surface area contributed by atoms with Crippen molar-refractivity contribution in [3.05, 3.63) is 30.1 Å². The van der Waals surface area contributed by atoms with Crippen LogP contribution < -0.4 is 0 Å². The van der Waals surface area contributed by atoms with E-state index in [-0.39, 0.29) is 0 Å². The second kappa shape index (κ2) is 1.84. The Bertz CT molecular complexity index is 294. The van der Waals surface area contributed by atoms with Crippen molar-refractivity contribution in [3.8, 4) is 0 Å². The Morgan fingerprint density at radius 2 is 2.40 bits per heavy atom. The SMILES string of the molecule is N=C1CC=Cc2cccn21. The van der Waals surface area contributed by atoms with Crippen LogP contribution in [0.25, 0.3) is 6.08 Å². The van der Waals surface area contributed by atoms with Crippen molar-refractivity contribution in [3.63, 3.8) is 0 Å². The van der Waals surface area contributed by atoms with Crippen molar-refractivity contribution in [2.24, 2.45) is 0 Å². The molecule has 10 heavy (non-hydrogen) atoms. The van der Waals surface area contributed by atoms with Gasteiger partial charge >= 0.3 is 0 Å². The van der Waals surface area contributed by atoms with E-state index in [0.29, 0.717) is 5.84 Å². The fraction of sp³-hybridized carbons (Fsp3) is 0.125. The minimum atomic E-state index is 0.655. The van der Waals surface area contributed by atoms with Crippen molar-refractivity contribution in [1.82, 2.24) is 4.57 Å². The molecule has 1 aromatic rings. The van der Waals surface area contributed by atoms with Crippen molar-refractivity contribution in [2.75, 3.05) is 0 Å². The molecule has 0 spiro atoms. The third kappa shape index (κ3) is 0.620. The molecule has 50 valence electrons. The first-order valence-corrected chi connectivity index (χ1v) is 3.29. The highest BCUT2D eigenvalue weighted by Gasteiger charge is 2.05. The molecule has 0 saturated carbocycles. The van der Waals surface area contributed by atoms with Gasteiger partial charge in [-0.15, -0.1) is 0 Å². The first kappa shape index (κ1) is 5.47. The molecule has 0 bridgehead atoms. The van der Waals surface area contributed by atoms with Gasteiger partial charge in [-0.25, -0.2) is 0 Å². The summed E-state index contributed by atoms with van der Waals surface area (Å²) in [6.07, 6.45) is 6.72. The topological polar surface area (TPSA) is 28.8 Å². The summed E-state index contributed by atoms with van der Waals surface area (Å²) in [4.78, 5) is 0. The molecular weight excluding hydrogens is 124 g/mol. The number of allylic oxidation sites excluding steroid dienone is 1. The first-order valence-electron chi connectivity index (χ1n) is 3.29. The smallest absolute Gasteiger partial charge is 0.108 e. The number of rotatable bonds is 0. The zero-order chi connectivity index (χ0) is 6.97. The fourth-order valence-electron chi connectivity index (χ4n) is 1.17. The highest BCUT2D eigenvalue weighted by Crippen LogP contribution is 2.11. The summed E-state index contributed by atoms with van der Waals surface area (Å²) in [5.41, 5.74) is 1.11. The third-order valence-electron chi connectivity index (χ3n) is 1.67. The van der Waals surface area contributed by atoms with Gasteiger partial charge in [0.1, 0.15) is 5.84 Å². The lowest BCUT2D eigenvalue weighted by molar-refractivity contribution is 1.05. The van der Waals surface area contributed by atoms with E-state index in [2.05, 4.69) is 0 Å². The molecule has 0 amide bonds. The van der Waals surface area contributed by atoms with E-state index in [1.54, 1.807) is 0 Å². The van der Waals surface area contributed by atoms with Crippen LogP contribution in [0.5, 0.6) is 0 Å². The average Bonchev–Trinajstić information content (AvgIpc) is 2.36. The molecule has 2 nitrogen and oxygen atoms in total. The number of nitrogens with one attached hydrogen (secondary N) is 1. The van der Waals surface area contributed by atoms with Gasteiger partial charge in [-0.3, -0.25) is 5.41 Å². The number of fused-ring (bicyclic) bond motifs is 1. The first-order chi connectivity index (χ1) is 4.88. The Balaban J connectivity index is 2.62. The summed E-state index contributed by atoms with van der Waals surface area (Å²) in [6, 6.07) is 3.96. The van der Waals surface area contributed by atoms with Crippen LogP contribution in [0.2, 0.25) is 0 Å². The van der Waals surface area contributed by atoms with Crippen molar-refractivity contribution < 1.29 is 0 Å². The number of hydrogen-bond donors (Lipinski definition) is 1. The molecule has 0 aromatic carbocycles. The van der Waals surface area contributed by atoms with Gasteiger partial charge in [0.05, 0.1) is 0 Å². The molecular formula is C8H8N2. The van der Waals surface area contributed by atoms with Gasteiger partial charge in [-0.2, -0.15) is 0 Å². The van der Waals surface area contributed by atoms with Gasteiger partial charge in [0, 0.05) is 18.3 Å². The molecule has 2 rings (SSSR count). The Hall–Kier alpha value is -1.31. The Morgan fingerprint density at radius 1 is 1.50 bits per heavy atom. The fourth-order valence-corrected chi connectivity index (χ4v) is 1.17. The second-order valence-electron chi connectivity index (χ2n) is 2.36. The van der Waals surface area contributed by atoms with E-state index >= 15 is 0 Å². The highest BCUT2D eigenvalue weighted by molar-refractivity contribution is 5.88. The zero-order valence-electron chi connectivity index (χ0n) is 5.54. The average molecular weight is 132 g/mol. The monoisotopic (exact) mass is 132 g/mol. The van der Waals surface area contributed by atoms with Crippen LogP contribution in [-0.4, -0.2) is 10.4 Å². The molecule has 1 N–H and O–H groups in total. The summed E-state index contributed by atoms with van der Waals surface area (Å²) < 4.78 is 1.89. The van der Waals surface area contributed by atoms with E-state index in [1.807, 2.05) is 35.0 Å². The Morgan fingerprint density at radius 3 is 3.20 bits per heavy atom. The number of hydrogen-bond acceptors (Lipinski definition) is 1. The van der Waals surface area contributed by atoms with Crippen molar-refractivity contribution in [1.29, 1.82) is 5.41 Å². The summed E-state index contributed by atoms with van der Waals surface area (Å²) in [5, 5.41) is 7.50. The van der Waals surface area contributed by atoms with Gasteiger partial charge in [-0.1, -0.05) is 6.08 Å². The lowest BCUT2D eigenvalue weighted by atomic mass is 10.2. The van der Waals surface area contributed by atoms with Gasteiger partial charge < -0.3 is 4.57 Å². The van der Waals surface area contributed by atoms with E-state index in [1.165, 1.54) is 0 Å². The second-order valence-corrected chi connectivity index (χ2v) is 2.36. The summed E-state index contributed by atoms with van der Waals surface area (Å²) >= 11 is 0. The minimum absolute atomic E-state index is 0.655. The van der Waals surface area contributed by atoms with E-state index in [9.17, 15) is 0 Å². The predicted octanol–water partition coefficient (Wildman–Crippen LogP) is 1.73. The van der Waals surface area contributed by atoms with E-state index in [0.717, 1.165) is 12.1 Å². The molecule has 0 saturated heterocycles. The van der Waals surface area contributed by atoms with Crippen LogP contribution in [0, 0.1) is 5.41 Å². The summed E-state index contributed by atoms with van der Waals surface area (Å²) in [6.45, 7) is 0. The van der Waals surface area contributed by atoms with Crippen LogP contribution in [0.1, 0.15) is 12.1 Å². The number of aromatic nitrogens is 1. The van der Waals surface area contributed by atoms with Crippen LogP contribution in [0.4, 0.5) is 0 Å². The van der Waals surface area contributed by atoms with Crippen molar-refractivity contribution >= 4 is 11.9 Å². The van der Waals surface area contributed by atoms with Gasteiger partial charge in [-0.05, 0) is 18.2 Å². The molecule has 0 unspecified atom stereocenters. The van der Waals surface area contributed by atoms with Crippen LogP contribution in [0.3, 0.4) is 0 Å². The molecule has 1 aliphatic heterocycles.